The Kier molecular flexibility index (Phi) is 3.76. The van der Waals surface area contributed by atoms with Gasteiger partial charge in [0, 0.05) is 24.8 Å². The smallest absolute Gasteiger partial charge is 0.274 e. The van der Waals surface area contributed by atoms with E-state index in [9.17, 15) is 14.5 Å². The minimum absolute atomic E-state index is 0.208. The summed E-state index contributed by atoms with van der Waals surface area (Å²) in [6.45, 7) is 2.11. The molecule has 0 saturated carbocycles. The van der Waals surface area contributed by atoms with Crippen molar-refractivity contribution in [1.82, 2.24) is 0 Å². The molecule has 0 bridgehead atoms. The van der Waals surface area contributed by atoms with Crippen molar-refractivity contribution >= 4 is 11.4 Å². The highest BCUT2D eigenvalue weighted by molar-refractivity contribution is 5.54. The summed E-state index contributed by atoms with van der Waals surface area (Å²) < 4.78 is 13.4. The van der Waals surface area contributed by atoms with Crippen LogP contribution in [-0.2, 0) is 0 Å². The van der Waals surface area contributed by atoms with Crippen LogP contribution in [0.1, 0.15) is 12.8 Å². The SMILES string of the molecule is NCC1CCCN(c2cc(F)cc([N+](=O)[O-])c2)C1. The number of nitrogens with two attached hydrogens (primary N) is 1. The van der Waals surface area contributed by atoms with Crippen LogP contribution in [0.15, 0.2) is 18.2 Å². The topological polar surface area (TPSA) is 72.4 Å². The van der Waals surface area contributed by atoms with Crippen LogP contribution in [0, 0.1) is 21.8 Å². The van der Waals surface area contributed by atoms with Gasteiger partial charge in [0.05, 0.1) is 11.0 Å². The summed E-state index contributed by atoms with van der Waals surface area (Å²) in [4.78, 5) is 12.1. The summed E-state index contributed by atoms with van der Waals surface area (Å²) in [5.41, 5.74) is 6.00. The van der Waals surface area contributed by atoms with Gasteiger partial charge in [-0.1, -0.05) is 0 Å². The number of benzene rings is 1. The first-order valence-electron chi connectivity index (χ1n) is 6.00. The second kappa shape index (κ2) is 5.30. The molecule has 2 N–H and O–H groups in total. The van der Waals surface area contributed by atoms with Crippen molar-refractivity contribution in [2.45, 2.75) is 12.8 Å². The van der Waals surface area contributed by atoms with Crippen LogP contribution in [0.3, 0.4) is 0 Å². The van der Waals surface area contributed by atoms with E-state index in [1.807, 2.05) is 4.90 Å². The number of halogens is 1. The van der Waals surface area contributed by atoms with Gasteiger partial charge in [-0.15, -0.1) is 0 Å². The molecule has 0 aliphatic carbocycles. The molecule has 1 atom stereocenters. The summed E-state index contributed by atoms with van der Waals surface area (Å²) in [6.07, 6.45) is 2.04. The van der Waals surface area contributed by atoms with Gasteiger partial charge >= 0.3 is 0 Å². The summed E-state index contributed by atoms with van der Waals surface area (Å²) in [5, 5.41) is 10.7. The van der Waals surface area contributed by atoms with Crippen molar-refractivity contribution in [2.75, 3.05) is 24.5 Å². The number of non-ortho nitro benzene ring substituents is 1. The van der Waals surface area contributed by atoms with Gasteiger partial charge in [-0.2, -0.15) is 0 Å². The molecule has 2 rings (SSSR count). The minimum Gasteiger partial charge on any atom is -0.371 e. The van der Waals surface area contributed by atoms with Crippen LogP contribution >= 0.6 is 0 Å². The lowest BCUT2D eigenvalue weighted by Crippen LogP contribution is -2.38. The average Bonchev–Trinajstić information content (AvgIpc) is 2.38. The maximum absolute atomic E-state index is 13.4. The van der Waals surface area contributed by atoms with Crippen molar-refractivity contribution in [3.63, 3.8) is 0 Å². The molecule has 1 aliphatic heterocycles. The molecule has 1 saturated heterocycles. The predicted molar refractivity (Wildman–Crippen MR) is 67.0 cm³/mol. The molecule has 5 nitrogen and oxygen atoms in total. The minimum atomic E-state index is -0.575. The molecule has 1 heterocycles. The maximum Gasteiger partial charge on any atom is 0.274 e. The van der Waals surface area contributed by atoms with Gasteiger partial charge in [-0.3, -0.25) is 10.1 Å². The lowest BCUT2D eigenvalue weighted by atomic mass is 9.98. The Hall–Kier alpha value is -1.69. The molecule has 1 unspecified atom stereocenters. The van der Waals surface area contributed by atoms with Gasteiger partial charge in [0.2, 0.25) is 0 Å². The fraction of sp³-hybridized carbons (Fsp3) is 0.500. The third-order valence-corrected chi connectivity index (χ3v) is 3.30. The summed E-state index contributed by atoms with van der Waals surface area (Å²) in [5.74, 6) is -0.199. The van der Waals surface area contributed by atoms with Crippen LogP contribution in [-0.4, -0.2) is 24.6 Å². The predicted octanol–water partition coefficient (Wildman–Crippen LogP) is 1.91. The second-order valence-electron chi connectivity index (χ2n) is 4.61. The molecule has 18 heavy (non-hydrogen) atoms. The monoisotopic (exact) mass is 253 g/mol. The highest BCUT2D eigenvalue weighted by Gasteiger charge is 2.21. The van der Waals surface area contributed by atoms with E-state index in [-0.39, 0.29) is 5.69 Å². The third kappa shape index (κ3) is 2.76. The molecule has 1 aromatic rings. The highest BCUT2D eigenvalue weighted by atomic mass is 19.1. The van der Waals surface area contributed by atoms with Crippen molar-refractivity contribution in [3.05, 3.63) is 34.1 Å². The Morgan fingerprint density at radius 2 is 2.28 bits per heavy atom. The number of nitro groups is 1. The lowest BCUT2D eigenvalue weighted by molar-refractivity contribution is -0.385. The molecule has 1 aliphatic rings. The molecule has 1 fully saturated rings. The molecular weight excluding hydrogens is 237 g/mol. The first-order valence-corrected chi connectivity index (χ1v) is 6.00. The summed E-state index contributed by atoms with van der Waals surface area (Å²) >= 11 is 0. The van der Waals surface area contributed by atoms with Crippen LogP contribution < -0.4 is 10.6 Å². The number of rotatable bonds is 3. The van der Waals surface area contributed by atoms with E-state index in [0.717, 1.165) is 32.0 Å². The Morgan fingerprint density at radius 3 is 2.94 bits per heavy atom. The van der Waals surface area contributed by atoms with Gasteiger partial charge < -0.3 is 10.6 Å². The van der Waals surface area contributed by atoms with Crippen molar-refractivity contribution in [2.24, 2.45) is 11.7 Å². The average molecular weight is 253 g/mol. The number of piperidine rings is 1. The first kappa shape index (κ1) is 12.8. The highest BCUT2D eigenvalue weighted by Crippen LogP contribution is 2.27. The molecule has 0 aromatic heterocycles. The van der Waals surface area contributed by atoms with E-state index in [1.165, 1.54) is 12.1 Å². The molecule has 6 heteroatoms. The standard InChI is InChI=1S/C12H16FN3O2/c13-10-4-11(6-12(5-10)16(17)18)15-3-1-2-9(7-14)8-15/h4-6,9H,1-3,7-8,14H2. The van der Waals surface area contributed by atoms with E-state index >= 15 is 0 Å². The molecule has 0 amide bonds. The van der Waals surface area contributed by atoms with Gasteiger partial charge in [-0.25, -0.2) is 4.39 Å². The Balaban J connectivity index is 2.24. The van der Waals surface area contributed by atoms with Gasteiger partial charge in [0.1, 0.15) is 5.82 Å². The van der Waals surface area contributed by atoms with Crippen LogP contribution in [0.2, 0.25) is 0 Å². The maximum atomic E-state index is 13.4. The number of nitrogens with zero attached hydrogens (tertiary/aromatic N) is 2. The van der Waals surface area contributed by atoms with Gasteiger partial charge in [-0.05, 0) is 31.4 Å². The Bertz CT molecular complexity index is 453. The summed E-state index contributed by atoms with van der Waals surface area (Å²) in [6, 6.07) is 3.70. The zero-order valence-electron chi connectivity index (χ0n) is 10.0. The van der Waals surface area contributed by atoms with Crippen molar-refractivity contribution in [1.29, 1.82) is 0 Å². The van der Waals surface area contributed by atoms with E-state index in [0.29, 0.717) is 18.2 Å². The number of nitro benzene ring substituents is 1. The van der Waals surface area contributed by atoms with Crippen molar-refractivity contribution in [3.8, 4) is 0 Å². The summed E-state index contributed by atoms with van der Waals surface area (Å²) in [7, 11) is 0. The number of hydrogen-bond acceptors (Lipinski definition) is 4. The molecule has 98 valence electrons. The van der Waals surface area contributed by atoms with E-state index < -0.39 is 10.7 Å². The molecular formula is C12H16FN3O2. The Morgan fingerprint density at radius 1 is 1.50 bits per heavy atom. The van der Waals surface area contributed by atoms with E-state index in [1.54, 1.807) is 0 Å². The van der Waals surface area contributed by atoms with Crippen LogP contribution in [0.4, 0.5) is 15.8 Å². The fourth-order valence-electron chi connectivity index (χ4n) is 2.34. The Labute approximate surface area is 105 Å². The fourth-order valence-corrected chi connectivity index (χ4v) is 2.34. The van der Waals surface area contributed by atoms with Gasteiger partial charge in [0.15, 0.2) is 0 Å². The zero-order valence-corrected chi connectivity index (χ0v) is 10.0. The number of hydrogen-bond donors (Lipinski definition) is 1. The molecule has 0 spiro atoms. The first-order chi connectivity index (χ1) is 8.60. The normalized spacial score (nSPS) is 19.9. The zero-order chi connectivity index (χ0) is 13.1. The lowest BCUT2D eigenvalue weighted by Gasteiger charge is -2.33. The van der Waals surface area contributed by atoms with E-state index in [2.05, 4.69) is 0 Å². The van der Waals surface area contributed by atoms with Gasteiger partial charge in [0.25, 0.3) is 5.69 Å². The second-order valence-corrected chi connectivity index (χ2v) is 4.61. The van der Waals surface area contributed by atoms with Crippen molar-refractivity contribution < 1.29 is 9.31 Å². The molecule has 1 aromatic carbocycles. The van der Waals surface area contributed by atoms with E-state index in [4.69, 9.17) is 5.73 Å². The largest absolute Gasteiger partial charge is 0.371 e. The van der Waals surface area contributed by atoms with Crippen LogP contribution in [0.25, 0.3) is 0 Å². The molecule has 0 radical (unpaired) electrons. The third-order valence-electron chi connectivity index (χ3n) is 3.30. The van der Waals surface area contributed by atoms with Crippen LogP contribution in [0.5, 0.6) is 0 Å². The quantitative estimate of drug-likeness (QED) is 0.659. The number of anilines is 1.